The van der Waals surface area contributed by atoms with Gasteiger partial charge < -0.3 is 10.1 Å². The molecular weight excluding hydrogens is 150 g/mol. The molecule has 1 aromatic rings. The molecule has 0 radical (unpaired) electrons. The molecule has 0 fully saturated rings. The van der Waals surface area contributed by atoms with Crippen molar-refractivity contribution in [3.8, 4) is 5.75 Å². The van der Waals surface area contributed by atoms with Gasteiger partial charge in [-0.15, -0.1) is 0 Å². The van der Waals surface area contributed by atoms with Crippen LogP contribution in [0.3, 0.4) is 0 Å². The molecule has 2 heteroatoms. The second-order valence-corrected chi connectivity index (χ2v) is 2.25. The third kappa shape index (κ3) is 5.74. The van der Waals surface area contributed by atoms with Crippen LogP contribution < -0.4 is 10.1 Å². The highest BCUT2D eigenvalue weighted by Crippen LogP contribution is 2.06. The van der Waals surface area contributed by atoms with Crippen LogP contribution in [0.5, 0.6) is 5.75 Å². The lowest BCUT2D eigenvalue weighted by Crippen LogP contribution is -1.89. The van der Waals surface area contributed by atoms with E-state index in [0.717, 1.165) is 12.4 Å². The fraction of sp³-hybridized carbons (Fsp3) is 0.400. The van der Waals surface area contributed by atoms with Gasteiger partial charge in [-0.25, -0.2) is 0 Å². The van der Waals surface area contributed by atoms with Gasteiger partial charge in [-0.3, -0.25) is 0 Å². The second-order valence-electron chi connectivity index (χ2n) is 2.25. The van der Waals surface area contributed by atoms with E-state index >= 15 is 0 Å². The van der Waals surface area contributed by atoms with Gasteiger partial charge in [0.05, 0.1) is 6.61 Å². The highest BCUT2D eigenvalue weighted by atomic mass is 16.5. The maximum absolute atomic E-state index is 5.21. The lowest BCUT2D eigenvalue weighted by Gasteiger charge is -1.99. The van der Waals surface area contributed by atoms with E-state index in [1.165, 1.54) is 0 Å². The van der Waals surface area contributed by atoms with Gasteiger partial charge in [-0.05, 0) is 33.2 Å². The Bertz CT molecular complexity index is 174. The van der Waals surface area contributed by atoms with Crippen molar-refractivity contribution >= 4 is 0 Å². The maximum Gasteiger partial charge on any atom is 0.119 e. The molecular formula is C10H17NO. The average molecular weight is 167 g/mol. The number of hydrogen-bond acceptors (Lipinski definition) is 2. The SMILES string of the molecule is CCOc1ccccc1.CNC. The number of para-hydroxylation sites is 1. The zero-order valence-electron chi connectivity index (χ0n) is 8.00. The Balaban J connectivity index is 0.000000354. The molecule has 0 aromatic heterocycles. The van der Waals surface area contributed by atoms with Crippen LogP contribution in [0, 0.1) is 0 Å². The summed E-state index contributed by atoms with van der Waals surface area (Å²) >= 11 is 0. The summed E-state index contributed by atoms with van der Waals surface area (Å²) in [6.07, 6.45) is 0. The zero-order valence-corrected chi connectivity index (χ0v) is 8.00. The van der Waals surface area contributed by atoms with Gasteiger partial charge in [0.15, 0.2) is 0 Å². The molecule has 0 spiro atoms. The standard InChI is InChI=1S/C8H10O.C2H7N/c1-2-9-8-6-4-3-5-7-8;1-3-2/h3-7H,2H2,1H3;3H,1-2H3. The minimum Gasteiger partial charge on any atom is -0.494 e. The van der Waals surface area contributed by atoms with Crippen molar-refractivity contribution in [3.63, 3.8) is 0 Å². The van der Waals surface area contributed by atoms with E-state index in [1.54, 1.807) is 0 Å². The fourth-order valence-corrected chi connectivity index (χ4v) is 0.683. The number of benzene rings is 1. The van der Waals surface area contributed by atoms with Crippen LogP contribution in [-0.4, -0.2) is 20.7 Å². The quantitative estimate of drug-likeness (QED) is 0.726. The first-order valence-corrected chi connectivity index (χ1v) is 4.11. The molecule has 2 nitrogen and oxygen atoms in total. The molecule has 0 saturated carbocycles. The Labute approximate surface area is 74.6 Å². The molecule has 0 aliphatic carbocycles. The van der Waals surface area contributed by atoms with Crippen LogP contribution in [0.15, 0.2) is 30.3 Å². The number of hydrogen-bond donors (Lipinski definition) is 1. The van der Waals surface area contributed by atoms with Crippen molar-refractivity contribution in [1.82, 2.24) is 5.32 Å². The van der Waals surface area contributed by atoms with Gasteiger partial charge in [-0.2, -0.15) is 0 Å². The molecule has 0 amide bonds. The van der Waals surface area contributed by atoms with E-state index in [0.29, 0.717) is 0 Å². The predicted octanol–water partition coefficient (Wildman–Crippen LogP) is 1.92. The third-order valence-corrected chi connectivity index (χ3v) is 1.05. The first-order valence-electron chi connectivity index (χ1n) is 4.11. The Morgan fingerprint density at radius 1 is 1.17 bits per heavy atom. The monoisotopic (exact) mass is 167 g/mol. The summed E-state index contributed by atoms with van der Waals surface area (Å²) in [6.45, 7) is 2.72. The van der Waals surface area contributed by atoms with Crippen molar-refractivity contribution < 1.29 is 4.74 Å². The molecule has 1 aromatic carbocycles. The largest absolute Gasteiger partial charge is 0.494 e. The minimum atomic E-state index is 0.740. The van der Waals surface area contributed by atoms with E-state index in [1.807, 2.05) is 51.4 Å². The summed E-state index contributed by atoms with van der Waals surface area (Å²) in [5.41, 5.74) is 0. The van der Waals surface area contributed by atoms with Crippen molar-refractivity contribution in [2.45, 2.75) is 6.92 Å². The van der Waals surface area contributed by atoms with Crippen LogP contribution in [-0.2, 0) is 0 Å². The molecule has 0 aliphatic heterocycles. The zero-order chi connectivity index (χ0) is 9.23. The van der Waals surface area contributed by atoms with Crippen LogP contribution in [0.2, 0.25) is 0 Å². The second kappa shape index (κ2) is 8.08. The van der Waals surface area contributed by atoms with E-state index in [2.05, 4.69) is 5.32 Å². The first kappa shape index (κ1) is 11.0. The van der Waals surface area contributed by atoms with Crippen LogP contribution >= 0.6 is 0 Å². The normalized spacial score (nSPS) is 8.25. The highest BCUT2D eigenvalue weighted by Gasteiger charge is 1.83. The average Bonchev–Trinajstić information content (AvgIpc) is 2.08. The van der Waals surface area contributed by atoms with Gasteiger partial charge >= 0.3 is 0 Å². The minimum absolute atomic E-state index is 0.740. The number of ether oxygens (including phenoxy) is 1. The molecule has 1 N–H and O–H groups in total. The lowest BCUT2D eigenvalue weighted by molar-refractivity contribution is 0.340. The Morgan fingerprint density at radius 3 is 2.08 bits per heavy atom. The fourth-order valence-electron chi connectivity index (χ4n) is 0.683. The van der Waals surface area contributed by atoms with Gasteiger partial charge in [0.2, 0.25) is 0 Å². The Hall–Kier alpha value is -1.02. The molecule has 0 saturated heterocycles. The smallest absolute Gasteiger partial charge is 0.119 e. The van der Waals surface area contributed by atoms with E-state index in [9.17, 15) is 0 Å². The first-order chi connectivity index (χ1) is 5.85. The van der Waals surface area contributed by atoms with Crippen molar-refractivity contribution in [3.05, 3.63) is 30.3 Å². The molecule has 0 unspecified atom stereocenters. The van der Waals surface area contributed by atoms with Crippen molar-refractivity contribution in [2.75, 3.05) is 20.7 Å². The Kier molecular flexibility index (Phi) is 7.39. The molecule has 0 bridgehead atoms. The number of rotatable bonds is 2. The van der Waals surface area contributed by atoms with Crippen LogP contribution in [0.1, 0.15) is 6.92 Å². The lowest BCUT2D eigenvalue weighted by atomic mass is 10.3. The summed E-state index contributed by atoms with van der Waals surface area (Å²) in [5.74, 6) is 0.944. The van der Waals surface area contributed by atoms with Crippen LogP contribution in [0.25, 0.3) is 0 Å². The predicted molar refractivity (Wildman–Crippen MR) is 52.6 cm³/mol. The summed E-state index contributed by atoms with van der Waals surface area (Å²) in [4.78, 5) is 0. The molecule has 0 atom stereocenters. The van der Waals surface area contributed by atoms with Gasteiger partial charge in [0.25, 0.3) is 0 Å². The van der Waals surface area contributed by atoms with Gasteiger partial charge in [-0.1, -0.05) is 18.2 Å². The Morgan fingerprint density at radius 2 is 1.67 bits per heavy atom. The van der Waals surface area contributed by atoms with E-state index in [4.69, 9.17) is 4.74 Å². The van der Waals surface area contributed by atoms with Crippen molar-refractivity contribution in [1.29, 1.82) is 0 Å². The summed E-state index contributed by atoms with van der Waals surface area (Å²) in [5, 5.41) is 2.75. The summed E-state index contributed by atoms with van der Waals surface area (Å²) in [7, 11) is 3.75. The van der Waals surface area contributed by atoms with E-state index in [-0.39, 0.29) is 0 Å². The molecule has 68 valence electrons. The van der Waals surface area contributed by atoms with E-state index < -0.39 is 0 Å². The third-order valence-electron chi connectivity index (χ3n) is 1.05. The van der Waals surface area contributed by atoms with Gasteiger partial charge in [0.1, 0.15) is 5.75 Å². The van der Waals surface area contributed by atoms with Crippen LogP contribution in [0.4, 0.5) is 0 Å². The van der Waals surface area contributed by atoms with Gasteiger partial charge in [0, 0.05) is 0 Å². The highest BCUT2D eigenvalue weighted by molar-refractivity contribution is 5.20. The summed E-state index contributed by atoms with van der Waals surface area (Å²) < 4.78 is 5.21. The van der Waals surface area contributed by atoms with Crippen molar-refractivity contribution in [2.24, 2.45) is 0 Å². The molecule has 0 heterocycles. The summed E-state index contributed by atoms with van der Waals surface area (Å²) in [6, 6.07) is 9.80. The molecule has 0 aliphatic rings. The topological polar surface area (TPSA) is 21.3 Å². The molecule has 1 rings (SSSR count). The maximum atomic E-state index is 5.21. The number of nitrogens with one attached hydrogen (secondary N) is 1. The molecule has 12 heavy (non-hydrogen) atoms.